The van der Waals surface area contributed by atoms with Crippen molar-refractivity contribution in [1.29, 1.82) is 0 Å². The third kappa shape index (κ3) is 2.24. The Bertz CT molecular complexity index is 450. The van der Waals surface area contributed by atoms with Crippen LogP contribution in [-0.2, 0) is 4.79 Å². The van der Waals surface area contributed by atoms with Gasteiger partial charge in [-0.05, 0) is 19.4 Å². The van der Waals surface area contributed by atoms with Crippen molar-refractivity contribution in [2.24, 2.45) is 11.3 Å². The normalized spacial score (nSPS) is 22.9. The van der Waals surface area contributed by atoms with Crippen molar-refractivity contribution in [3.8, 4) is 0 Å². The first-order chi connectivity index (χ1) is 8.59. The monoisotopic (exact) mass is 249 g/mol. The summed E-state index contributed by atoms with van der Waals surface area (Å²) in [6, 6.07) is 3.81. The van der Waals surface area contributed by atoms with E-state index in [1.165, 1.54) is 0 Å². The summed E-state index contributed by atoms with van der Waals surface area (Å²) in [5.41, 5.74) is 3.24. The van der Waals surface area contributed by atoms with E-state index in [2.05, 4.69) is 20.6 Å². The number of anilines is 2. The molecule has 4 N–H and O–H groups in total. The molecule has 6 nitrogen and oxygen atoms in total. The van der Waals surface area contributed by atoms with Crippen LogP contribution >= 0.6 is 0 Å². The quantitative estimate of drug-likeness (QED) is 0.531. The minimum atomic E-state index is -0.325. The molecule has 1 unspecified atom stereocenters. The molecule has 0 aliphatic carbocycles. The highest BCUT2D eigenvalue weighted by molar-refractivity contribution is 5.83. The van der Waals surface area contributed by atoms with Crippen molar-refractivity contribution in [3.05, 3.63) is 18.3 Å². The van der Waals surface area contributed by atoms with E-state index < -0.39 is 0 Å². The van der Waals surface area contributed by atoms with E-state index in [0.29, 0.717) is 12.4 Å². The molecule has 1 fully saturated rings. The molecule has 18 heavy (non-hydrogen) atoms. The Kier molecular flexibility index (Phi) is 3.38. The summed E-state index contributed by atoms with van der Waals surface area (Å²) in [4.78, 5) is 18.1. The number of carbonyl (C=O) groups excluding carboxylic acids is 1. The standard InChI is InChI=1S/C12H19N5O/c1-12(11(18)14-2)4-6-17(8-12)9-3-5-15-10(7-9)16-13/h3,5,7H,4,6,8,13H2,1-2H3,(H,14,18)(H,15,16). The highest BCUT2D eigenvalue weighted by atomic mass is 16.2. The number of nitrogen functional groups attached to an aromatic ring is 1. The first kappa shape index (κ1) is 12.6. The molecule has 1 aliphatic heterocycles. The Morgan fingerprint density at radius 1 is 1.61 bits per heavy atom. The zero-order chi connectivity index (χ0) is 13.2. The van der Waals surface area contributed by atoms with E-state index in [1.54, 1.807) is 13.2 Å². The number of aromatic nitrogens is 1. The molecule has 1 amide bonds. The summed E-state index contributed by atoms with van der Waals surface area (Å²) in [5, 5.41) is 2.73. The number of rotatable bonds is 3. The number of hydrogen-bond donors (Lipinski definition) is 3. The lowest BCUT2D eigenvalue weighted by molar-refractivity contribution is -0.128. The van der Waals surface area contributed by atoms with E-state index in [1.807, 2.05) is 19.1 Å². The molecule has 1 aromatic heterocycles. The van der Waals surface area contributed by atoms with Crippen molar-refractivity contribution in [2.75, 3.05) is 30.5 Å². The molecule has 2 heterocycles. The van der Waals surface area contributed by atoms with Crippen LogP contribution in [-0.4, -0.2) is 31.0 Å². The fraction of sp³-hybridized carbons (Fsp3) is 0.500. The Balaban J connectivity index is 2.15. The summed E-state index contributed by atoms with van der Waals surface area (Å²) in [7, 11) is 1.68. The SMILES string of the molecule is CNC(=O)C1(C)CCN(c2ccnc(NN)c2)C1. The van der Waals surface area contributed by atoms with Gasteiger partial charge < -0.3 is 15.6 Å². The summed E-state index contributed by atoms with van der Waals surface area (Å²) >= 11 is 0. The molecule has 1 atom stereocenters. The maximum atomic E-state index is 11.9. The highest BCUT2D eigenvalue weighted by Crippen LogP contribution is 2.33. The number of nitrogens with two attached hydrogens (primary N) is 1. The fourth-order valence-corrected chi connectivity index (χ4v) is 2.36. The van der Waals surface area contributed by atoms with Crippen LogP contribution in [0.4, 0.5) is 11.5 Å². The molecular weight excluding hydrogens is 230 g/mol. The van der Waals surface area contributed by atoms with Gasteiger partial charge in [-0.2, -0.15) is 0 Å². The summed E-state index contributed by atoms with van der Waals surface area (Å²) < 4.78 is 0. The van der Waals surface area contributed by atoms with Gasteiger partial charge in [-0.3, -0.25) is 4.79 Å². The highest BCUT2D eigenvalue weighted by Gasteiger charge is 2.39. The molecule has 0 radical (unpaired) electrons. The predicted molar refractivity (Wildman–Crippen MR) is 71.1 cm³/mol. The summed E-state index contributed by atoms with van der Waals surface area (Å²) in [6.45, 7) is 3.56. The average Bonchev–Trinajstić information content (AvgIpc) is 2.82. The van der Waals surface area contributed by atoms with Crippen molar-refractivity contribution < 1.29 is 4.79 Å². The van der Waals surface area contributed by atoms with E-state index >= 15 is 0 Å². The van der Waals surface area contributed by atoms with Crippen LogP contribution in [0.5, 0.6) is 0 Å². The number of carbonyl (C=O) groups is 1. The van der Waals surface area contributed by atoms with Crippen molar-refractivity contribution in [1.82, 2.24) is 10.3 Å². The summed E-state index contributed by atoms with van der Waals surface area (Å²) in [6.07, 6.45) is 2.56. The van der Waals surface area contributed by atoms with Gasteiger partial charge in [0.05, 0.1) is 5.41 Å². The third-order valence-corrected chi connectivity index (χ3v) is 3.51. The molecule has 98 valence electrons. The second-order valence-electron chi connectivity index (χ2n) is 4.85. The zero-order valence-electron chi connectivity index (χ0n) is 10.7. The van der Waals surface area contributed by atoms with E-state index in [0.717, 1.165) is 18.7 Å². The number of pyridine rings is 1. The summed E-state index contributed by atoms with van der Waals surface area (Å²) in [5.74, 6) is 6.07. The maximum Gasteiger partial charge on any atom is 0.227 e. The molecule has 1 saturated heterocycles. The van der Waals surface area contributed by atoms with Crippen molar-refractivity contribution >= 4 is 17.4 Å². The number of nitrogens with zero attached hydrogens (tertiary/aromatic N) is 2. The Hall–Kier alpha value is -1.82. The topological polar surface area (TPSA) is 83.3 Å². The third-order valence-electron chi connectivity index (χ3n) is 3.51. The van der Waals surface area contributed by atoms with Gasteiger partial charge in [-0.1, -0.05) is 0 Å². The van der Waals surface area contributed by atoms with E-state index in [-0.39, 0.29) is 11.3 Å². The number of nitrogens with one attached hydrogen (secondary N) is 2. The van der Waals surface area contributed by atoms with Gasteiger partial charge in [0.1, 0.15) is 5.82 Å². The molecule has 0 spiro atoms. The molecule has 1 aliphatic rings. The van der Waals surface area contributed by atoms with E-state index in [4.69, 9.17) is 5.84 Å². The fourth-order valence-electron chi connectivity index (χ4n) is 2.36. The lowest BCUT2D eigenvalue weighted by Gasteiger charge is -2.24. The minimum absolute atomic E-state index is 0.0937. The van der Waals surface area contributed by atoms with Crippen LogP contribution in [0.1, 0.15) is 13.3 Å². The van der Waals surface area contributed by atoms with Gasteiger partial charge in [-0.25, -0.2) is 10.8 Å². The molecule has 0 aromatic carbocycles. The molecule has 0 bridgehead atoms. The van der Waals surface area contributed by atoms with Gasteiger partial charge in [-0.15, -0.1) is 0 Å². The van der Waals surface area contributed by atoms with Crippen LogP contribution in [0.15, 0.2) is 18.3 Å². The van der Waals surface area contributed by atoms with Gasteiger partial charge >= 0.3 is 0 Å². The maximum absolute atomic E-state index is 11.9. The first-order valence-corrected chi connectivity index (χ1v) is 5.99. The Morgan fingerprint density at radius 2 is 2.39 bits per heavy atom. The van der Waals surface area contributed by atoms with Crippen LogP contribution in [0.2, 0.25) is 0 Å². The number of hydrazine groups is 1. The average molecular weight is 249 g/mol. The van der Waals surface area contributed by atoms with Crippen LogP contribution in [0, 0.1) is 5.41 Å². The van der Waals surface area contributed by atoms with Gasteiger partial charge in [0.2, 0.25) is 5.91 Å². The van der Waals surface area contributed by atoms with E-state index in [9.17, 15) is 4.79 Å². The van der Waals surface area contributed by atoms with Crippen LogP contribution in [0.25, 0.3) is 0 Å². The Labute approximate surface area is 107 Å². The minimum Gasteiger partial charge on any atom is -0.370 e. The lowest BCUT2D eigenvalue weighted by atomic mass is 9.89. The lowest BCUT2D eigenvalue weighted by Crippen LogP contribution is -2.39. The van der Waals surface area contributed by atoms with Crippen LogP contribution in [0.3, 0.4) is 0 Å². The van der Waals surface area contributed by atoms with Gasteiger partial charge in [0.15, 0.2) is 0 Å². The molecular formula is C12H19N5O. The van der Waals surface area contributed by atoms with Crippen molar-refractivity contribution in [3.63, 3.8) is 0 Å². The second kappa shape index (κ2) is 4.81. The molecule has 1 aromatic rings. The van der Waals surface area contributed by atoms with Gasteiger partial charge in [0, 0.05) is 38.1 Å². The number of hydrogen-bond acceptors (Lipinski definition) is 5. The zero-order valence-corrected chi connectivity index (χ0v) is 10.7. The molecule has 2 rings (SSSR count). The first-order valence-electron chi connectivity index (χ1n) is 5.99. The largest absolute Gasteiger partial charge is 0.370 e. The Morgan fingerprint density at radius 3 is 3.06 bits per heavy atom. The number of amides is 1. The molecule has 6 heteroatoms. The predicted octanol–water partition coefficient (Wildman–Crippen LogP) is 0.330. The van der Waals surface area contributed by atoms with Gasteiger partial charge in [0.25, 0.3) is 0 Å². The second-order valence-corrected chi connectivity index (χ2v) is 4.85. The van der Waals surface area contributed by atoms with Crippen molar-refractivity contribution in [2.45, 2.75) is 13.3 Å². The smallest absolute Gasteiger partial charge is 0.227 e. The van der Waals surface area contributed by atoms with Crippen LogP contribution < -0.4 is 21.5 Å². The molecule has 0 saturated carbocycles.